The van der Waals surface area contributed by atoms with Crippen molar-refractivity contribution in [2.24, 2.45) is 0 Å². The summed E-state index contributed by atoms with van der Waals surface area (Å²) in [7, 11) is 0.294. The molecule has 7 rings (SSSR count). The normalized spacial score (nSPS) is 16.7. The quantitative estimate of drug-likeness (QED) is 0.0558. The molecule has 1 aromatic heterocycles. The number of fused-ring (bicyclic) bond motifs is 4. The predicted octanol–water partition coefficient (Wildman–Crippen LogP) is 5.82. The number of carbonyl (C=O) groups excluding carboxylic acids is 2. The summed E-state index contributed by atoms with van der Waals surface area (Å²) >= 11 is 0. The van der Waals surface area contributed by atoms with E-state index in [9.17, 15) is 28.1 Å². The molecule has 0 bridgehead atoms. The van der Waals surface area contributed by atoms with Crippen LogP contribution >= 0.6 is 0 Å². The van der Waals surface area contributed by atoms with Crippen LogP contribution in [0.4, 0.5) is 11.4 Å². The molecular formula is C40H42N4O12S. The molecule has 4 aromatic carbocycles. The van der Waals surface area contributed by atoms with Gasteiger partial charge < -0.3 is 38.9 Å². The fraction of sp³-hybridized carbons (Fsp3) is 0.350. The lowest BCUT2D eigenvalue weighted by Gasteiger charge is -2.22. The van der Waals surface area contributed by atoms with Crippen molar-refractivity contribution < 1.29 is 50.8 Å². The number of anilines is 1. The number of nitrogens with zero attached hydrogens (tertiary/aromatic N) is 2. The van der Waals surface area contributed by atoms with Crippen LogP contribution in [0.1, 0.15) is 57.2 Å². The largest absolute Gasteiger partial charge is 0.493 e. The molecule has 2 aliphatic rings. The van der Waals surface area contributed by atoms with Crippen LogP contribution in [0.3, 0.4) is 0 Å². The summed E-state index contributed by atoms with van der Waals surface area (Å²) in [5, 5.41) is 16.5. The number of H-pyrrole nitrogens is 1. The number of aromatic amines is 1. The zero-order valence-electron chi connectivity index (χ0n) is 31.6. The molecule has 2 aliphatic heterocycles. The van der Waals surface area contributed by atoms with Crippen molar-refractivity contribution in [3.63, 3.8) is 0 Å². The fourth-order valence-electron chi connectivity index (χ4n) is 7.41. The monoisotopic (exact) mass is 802 g/mol. The average Bonchev–Trinajstić information content (AvgIpc) is 3.82. The van der Waals surface area contributed by atoms with Crippen molar-refractivity contribution in [1.82, 2.24) is 10.3 Å². The summed E-state index contributed by atoms with van der Waals surface area (Å²) in [5.41, 5.74) is 1.59. The summed E-state index contributed by atoms with van der Waals surface area (Å²) in [6, 6.07) is 17.7. The van der Waals surface area contributed by atoms with E-state index in [0.717, 1.165) is 19.3 Å². The van der Waals surface area contributed by atoms with E-state index in [1.54, 1.807) is 48.5 Å². The second-order valence-corrected chi connectivity index (χ2v) is 15.3. The summed E-state index contributed by atoms with van der Waals surface area (Å²) in [5.74, 6) is -1.15. The van der Waals surface area contributed by atoms with E-state index in [-0.39, 0.29) is 66.4 Å². The van der Waals surface area contributed by atoms with Crippen LogP contribution in [0.2, 0.25) is 0 Å². The molecule has 16 nitrogen and oxygen atoms in total. The number of non-ortho nitro benzene ring substituents is 1. The first-order chi connectivity index (χ1) is 27.5. The van der Waals surface area contributed by atoms with Crippen molar-refractivity contribution >= 4 is 55.0 Å². The van der Waals surface area contributed by atoms with Crippen LogP contribution in [0.15, 0.2) is 66.7 Å². The van der Waals surface area contributed by atoms with Gasteiger partial charge in [-0.2, -0.15) is 8.42 Å². The highest BCUT2D eigenvalue weighted by Gasteiger charge is 2.39. The number of amides is 2. The van der Waals surface area contributed by atoms with Crippen LogP contribution in [0, 0.1) is 10.1 Å². The van der Waals surface area contributed by atoms with Crippen molar-refractivity contribution in [2.45, 2.75) is 37.2 Å². The maximum atomic E-state index is 14.5. The van der Waals surface area contributed by atoms with Gasteiger partial charge in [0.2, 0.25) is 5.75 Å². The van der Waals surface area contributed by atoms with Crippen LogP contribution in [0.5, 0.6) is 17.2 Å². The molecule has 2 amide bonds. The Hall–Kier alpha value is -5.75. The van der Waals surface area contributed by atoms with Crippen molar-refractivity contribution in [2.75, 3.05) is 59.1 Å². The lowest BCUT2D eigenvalue weighted by atomic mass is 9.93. The molecule has 3 heterocycles. The highest BCUT2D eigenvalue weighted by Crippen LogP contribution is 2.47. The zero-order chi connectivity index (χ0) is 40.3. The first-order valence-electron chi connectivity index (χ1n) is 18.3. The topological polar surface area (TPSA) is 198 Å². The van der Waals surface area contributed by atoms with Gasteiger partial charge in [0.1, 0.15) is 11.4 Å². The number of rotatable bonds is 15. The number of hydrogen-bond acceptors (Lipinski definition) is 12. The fourth-order valence-corrected chi connectivity index (χ4v) is 8.46. The van der Waals surface area contributed by atoms with E-state index >= 15 is 0 Å². The minimum absolute atomic E-state index is 0.0720. The first kappa shape index (κ1) is 39.5. The van der Waals surface area contributed by atoms with Crippen molar-refractivity contribution in [1.29, 1.82) is 0 Å². The number of nitro benzene ring substituents is 1. The second-order valence-electron chi connectivity index (χ2n) is 13.6. The summed E-state index contributed by atoms with van der Waals surface area (Å²) < 4.78 is 59.9. The van der Waals surface area contributed by atoms with Crippen LogP contribution < -0.4 is 24.4 Å². The molecule has 57 heavy (non-hydrogen) atoms. The molecule has 1 saturated heterocycles. The zero-order valence-corrected chi connectivity index (χ0v) is 32.4. The smallest absolute Gasteiger partial charge is 0.279 e. The van der Waals surface area contributed by atoms with Crippen LogP contribution in [0.25, 0.3) is 21.7 Å². The van der Waals surface area contributed by atoms with E-state index in [2.05, 4.69) is 10.3 Å². The van der Waals surface area contributed by atoms with Gasteiger partial charge in [0.15, 0.2) is 17.8 Å². The van der Waals surface area contributed by atoms with Gasteiger partial charge in [0, 0.05) is 42.6 Å². The Morgan fingerprint density at radius 2 is 1.77 bits per heavy atom. The lowest BCUT2D eigenvalue weighted by molar-refractivity contribution is -0.383. The Bertz CT molecular complexity index is 2430. The van der Waals surface area contributed by atoms with Gasteiger partial charge in [-0.3, -0.25) is 23.9 Å². The highest BCUT2D eigenvalue weighted by atomic mass is 32.2. The number of ether oxygens (including phenoxy) is 5. The van der Waals surface area contributed by atoms with Gasteiger partial charge in [-0.1, -0.05) is 36.4 Å². The van der Waals surface area contributed by atoms with Crippen molar-refractivity contribution in [3.8, 4) is 17.2 Å². The molecule has 1 fully saturated rings. The average molecular weight is 803 g/mol. The number of benzene rings is 4. The van der Waals surface area contributed by atoms with Gasteiger partial charge in [-0.05, 0) is 60.0 Å². The Labute approximate surface area is 328 Å². The molecule has 2 unspecified atom stereocenters. The van der Waals surface area contributed by atoms with Gasteiger partial charge >= 0.3 is 0 Å². The van der Waals surface area contributed by atoms with Gasteiger partial charge in [0.05, 0.1) is 56.1 Å². The molecule has 0 saturated carbocycles. The Morgan fingerprint density at radius 3 is 2.47 bits per heavy atom. The van der Waals surface area contributed by atoms with Crippen LogP contribution in [-0.2, 0) is 29.5 Å². The molecule has 300 valence electrons. The predicted molar refractivity (Wildman–Crippen MR) is 210 cm³/mol. The number of nitrogens with one attached hydrogen (secondary N) is 2. The Balaban J connectivity index is 1.24. The Morgan fingerprint density at radius 1 is 0.982 bits per heavy atom. The third-order valence-electron chi connectivity index (χ3n) is 10.1. The third kappa shape index (κ3) is 8.23. The van der Waals surface area contributed by atoms with Gasteiger partial charge in [0.25, 0.3) is 27.6 Å². The maximum absolute atomic E-state index is 14.5. The Kier molecular flexibility index (Phi) is 11.6. The number of methoxy groups -OCH3 is 3. The molecule has 0 aliphatic carbocycles. The maximum Gasteiger partial charge on any atom is 0.279 e. The third-order valence-corrected chi connectivity index (χ3v) is 11.2. The van der Waals surface area contributed by atoms with E-state index in [0.29, 0.717) is 51.3 Å². The summed E-state index contributed by atoms with van der Waals surface area (Å²) in [4.78, 5) is 44.2. The van der Waals surface area contributed by atoms with E-state index in [1.165, 1.54) is 44.4 Å². The number of hydrogen-bond donors (Lipinski definition) is 2. The molecule has 0 radical (unpaired) electrons. The van der Waals surface area contributed by atoms with E-state index in [4.69, 9.17) is 27.9 Å². The highest BCUT2D eigenvalue weighted by molar-refractivity contribution is 7.85. The van der Waals surface area contributed by atoms with E-state index < -0.39 is 32.8 Å². The molecule has 2 N–H and O–H groups in total. The summed E-state index contributed by atoms with van der Waals surface area (Å²) in [6.45, 7) is 0.609. The molecule has 5 aromatic rings. The van der Waals surface area contributed by atoms with E-state index in [1.807, 2.05) is 0 Å². The molecule has 17 heteroatoms. The number of nitro groups is 1. The second kappa shape index (κ2) is 16.8. The standard InChI is InChI=1S/C40H42N4O12S/c1-51-33-19-26-18-30(42-36(26)38(53-3)37(33)52-2)40(46)43-21-27(22-56-57(49,50)23-24-9-5-4-6-10-24)35-28-13-12-25(17-29(28)31(44(47)48)20-32(35)43)39(45)41-14-16-55-34-11-7-8-15-54-34/h4-6,9-10,12-13,17-20,27,34,42H,7-8,11,14-16,21-23H2,1-3H3,(H,41,45). The molecule has 0 spiro atoms. The molecular weight excluding hydrogens is 761 g/mol. The number of carbonyl (C=O) groups is 2. The minimum Gasteiger partial charge on any atom is -0.493 e. The van der Waals surface area contributed by atoms with Crippen molar-refractivity contribution in [3.05, 3.63) is 99.2 Å². The van der Waals surface area contributed by atoms with Crippen LogP contribution in [-0.4, -0.2) is 90.7 Å². The lowest BCUT2D eigenvalue weighted by Crippen LogP contribution is -2.31. The van der Waals surface area contributed by atoms with Gasteiger partial charge in [-0.25, -0.2) is 0 Å². The number of aromatic nitrogens is 1. The first-order valence-corrected chi connectivity index (χ1v) is 19.9. The minimum atomic E-state index is -4.09. The van der Waals surface area contributed by atoms with Gasteiger partial charge in [-0.15, -0.1) is 0 Å². The molecule has 2 atom stereocenters. The SMILES string of the molecule is COc1cc2cc(C(=O)N3CC(COS(=O)(=O)Cc4ccccc4)c4c3cc([N+](=O)[O-])c3cc(C(=O)NCCOC5CCCCO5)ccc43)[nH]c2c(OC)c1OC. The summed E-state index contributed by atoms with van der Waals surface area (Å²) in [6.07, 6.45) is 2.45.